The Labute approximate surface area is 132 Å². The molecule has 0 spiro atoms. The van der Waals surface area contributed by atoms with Crippen LogP contribution < -0.4 is 10.2 Å². The minimum atomic E-state index is 0.497. The summed E-state index contributed by atoms with van der Waals surface area (Å²) in [7, 11) is 0. The van der Waals surface area contributed by atoms with Crippen molar-refractivity contribution in [2.45, 2.75) is 46.6 Å². The summed E-state index contributed by atoms with van der Waals surface area (Å²) in [6.07, 6.45) is 3.91. The van der Waals surface area contributed by atoms with E-state index in [1.165, 1.54) is 48.1 Å². The van der Waals surface area contributed by atoms with Crippen LogP contribution in [0.5, 0.6) is 0 Å². The molecule has 1 N–H and O–H groups in total. The van der Waals surface area contributed by atoms with Gasteiger partial charge in [-0.25, -0.2) is 0 Å². The Kier molecular flexibility index (Phi) is 5.50. The van der Waals surface area contributed by atoms with Gasteiger partial charge >= 0.3 is 0 Å². The molecule has 1 aliphatic heterocycles. The summed E-state index contributed by atoms with van der Waals surface area (Å²) in [4.78, 5) is 2.54. The number of nitrogens with zero attached hydrogens (tertiary/aromatic N) is 1. The molecular formula is C17H27BrN2. The fourth-order valence-corrected chi connectivity index (χ4v) is 3.32. The summed E-state index contributed by atoms with van der Waals surface area (Å²) < 4.78 is 1.22. The Morgan fingerprint density at radius 3 is 2.75 bits per heavy atom. The monoisotopic (exact) mass is 338 g/mol. The molecule has 3 heteroatoms. The molecule has 1 aromatic rings. The first-order valence-corrected chi connectivity index (χ1v) is 8.55. The van der Waals surface area contributed by atoms with Gasteiger partial charge in [0.2, 0.25) is 0 Å². The van der Waals surface area contributed by atoms with E-state index in [2.05, 4.69) is 65.1 Å². The quantitative estimate of drug-likeness (QED) is 0.864. The topological polar surface area (TPSA) is 15.3 Å². The van der Waals surface area contributed by atoms with Crippen molar-refractivity contribution in [1.29, 1.82) is 0 Å². The Hall–Kier alpha value is -0.540. The van der Waals surface area contributed by atoms with E-state index >= 15 is 0 Å². The van der Waals surface area contributed by atoms with Gasteiger partial charge in [0, 0.05) is 29.8 Å². The highest BCUT2D eigenvalue weighted by Gasteiger charge is 2.23. The molecule has 1 saturated heterocycles. The second-order valence-corrected chi connectivity index (χ2v) is 7.42. The summed E-state index contributed by atoms with van der Waals surface area (Å²) in [6.45, 7) is 11.2. The maximum atomic E-state index is 3.72. The lowest BCUT2D eigenvalue weighted by molar-refractivity contribution is 0.325. The van der Waals surface area contributed by atoms with Crippen LogP contribution in [0.4, 0.5) is 5.69 Å². The molecule has 1 aromatic carbocycles. The maximum absolute atomic E-state index is 3.72. The number of nitrogens with one attached hydrogen (secondary N) is 1. The molecule has 0 aromatic heterocycles. The van der Waals surface area contributed by atoms with E-state index in [1.807, 2.05) is 0 Å². The zero-order chi connectivity index (χ0) is 14.6. The van der Waals surface area contributed by atoms with E-state index in [9.17, 15) is 0 Å². The lowest BCUT2D eigenvalue weighted by atomic mass is 9.85. The highest BCUT2D eigenvalue weighted by Crippen LogP contribution is 2.32. The van der Waals surface area contributed by atoms with Crippen molar-refractivity contribution in [2.75, 3.05) is 24.5 Å². The van der Waals surface area contributed by atoms with Gasteiger partial charge in [0.25, 0.3) is 0 Å². The minimum Gasteiger partial charge on any atom is -0.371 e. The standard InChI is InChI=1S/C17H27BrN2/c1-4-19-13-14-6-7-15(12-16(14)18)20-10-5-8-17(2,3)9-11-20/h6-7,12,19H,4-5,8-11,13H2,1-3H3. The van der Waals surface area contributed by atoms with E-state index in [0.717, 1.165) is 13.1 Å². The zero-order valence-electron chi connectivity index (χ0n) is 13.0. The molecular weight excluding hydrogens is 312 g/mol. The van der Waals surface area contributed by atoms with Crippen LogP contribution in [0.25, 0.3) is 0 Å². The summed E-state index contributed by atoms with van der Waals surface area (Å²) in [5, 5.41) is 3.38. The molecule has 1 fully saturated rings. The first-order chi connectivity index (χ1) is 9.52. The molecule has 0 amide bonds. The molecule has 112 valence electrons. The summed E-state index contributed by atoms with van der Waals surface area (Å²) in [5.74, 6) is 0. The molecule has 1 heterocycles. The molecule has 0 bridgehead atoms. The molecule has 0 aliphatic carbocycles. The van der Waals surface area contributed by atoms with Gasteiger partial charge in [0.15, 0.2) is 0 Å². The predicted molar refractivity (Wildman–Crippen MR) is 91.4 cm³/mol. The number of benzene rings is 1. The molecule has 0 atom stereocenters. The van der Waals surface area contributed by atoms with E-state index in [1.54, 1.807) is 0 Å². The van der Waals surface area contributed by atoms with Gasteiger partial charge in [-0.05, 0) is 48.9 Å². The third-order valence-corrected chi connectivity index (χ3v) is 5.05. The van der Waals surface area contributed by atoms with Crippen molar-refractivity contribution in [2.24, 2.45) is 5.41 Å². The highest BCUT2D eigenvalue weighted by atomic mass is 79.9. The molecule has 0 saturated carbocycles. The van der Waals surface area contributed by atoms with Crippen molar-refractivity contribution in [1.82, 2.24) is 5.32 Å². The van der Waals surface area contributed by atoms with E-state index in [0.29, 0.717) is 5.41 Å². The molecule has 2 nitrogen and oxygen atoms in total. The number of anilines is 1. The third-order valence-electron chi connectivity index (χ3n) is 4.31. The van der Waals surface area contributed by atoms with Crippen LogP contribution in [-0.2, 0) is 6.54 Å². The first-order valence-electron chi connectivity index (χ1n) is 7.76. The Balaban J connectivity index is 2.07. The molecule has 0 radical (unpaired) electrons. The van der Waals surface area contributed by atoms with Gasteiger partial charge in [0.05, 0.1) is 0 Å². The van der Waals surface area contributed by atoms with Crippen LogP contribution >= 0.6 is 15.9 Å². The van der Waals surface area contributed by atoms with Gasteiger partial charge < -0.3 is 10.2 Å². The lowest BCUT2D eigenvalue weighted by Gasteiger charge is -2.25. The van der Waals surface area contributed by atoms with Gasteiger partial charge in [-0.2, -0.15) is 0 Å². The van der Waals surface area contributed by atoms with E-state index in [-0.39, 0.29) is 0 Å². The number of hydrogen-bond acceptors (Lipinski definition) is 2. The van der Waals surface area contributed by atoms with Gasteiger partial charge in [-0.3, -0.25) is 0 Å². The SMILES string of the molecule is CCNCc1ccc(N2CCCC(C)(C)CC2)cc1Br. The smallest absolute Gasteiger partial charge is 0.0377 e. The largest absolute Gasteiger partial charge is 0.371 e. The Morgan fingerprint density at radius 1 is 1.25 bits per heavy atom. The number of hydrogen-bond donors (Lipinski definition) is 1. The molecule has 2 rings (SSSR count). The normalized spacial score (nSPS) is 18.9. The van der Waals surface area contributed by atoms with E-state index < -0.39 is 0 Å². The average Bonchev–Trinajstić information content (AvgIpc) is 2.58. The van der Waals surface area contributed by atoms with Crippen LogP contribution in [0.2, 0.25) is 0 Å². The van der Waals surface area contributed by atoms with Crippen LogP contribution in [0.3, 0.4) is 0 Å². The fraction of sp³-hybridized carbons (Fsp3) is 0.647. The van der Waals surface area contributed by atoms with Gasteiger partial charge in [-0.1, -0.05) is 42.8 Å². The summed E-state index contributed by atoms with van der Waals surface area (Å²) in [6, 6.07) is 6.80. The summed E-state index contributed by atoms with van der Waals surface area (Å²) in [5.41, 5.74) is 3.19. The Bertz CT molecular complexity index is 443. The van der Waals surface area contributed by atoms with Crippen LogP contribution in [-0.4, -0.2) is 19.6 Å². The fourth-order valence-electron chi connectivity index (χ4n) is 2.82. The zero-order valence-corrected chi connectivity index (χ0v) is 14.6. The van der Waals surface area contributed by atoms with Crippen LogP contribution in [0, 0.1) is 5.41 Å². The average molecular weight is 339 g/mol. The Morgan fingerprint density at radius 2 is 2.05 bits per heavy atom. The van der Waals surface area contributed by atoms with Crippen molar-refractivity contribution in [3.05, 3.63) is 28.2 Å². The van der Waals surface area contributed by atoms with Crippen molar-refractivity contribution < 1.29 is 0 Å². The molecule has 1 aliphatic rings. The van der Waals surface area contributed by atoms with Crippen LogP contribution in [0.15, 0.2) is 22.7 Å². The predicted octanol–water partition coefficient (Wildman–Crippen LogP) is 4.58. The van der Waals surface area contributed by atoms with Crippen molar-refractivity contribution >= 4 is 21.6 Å². The second kappa shape index (κ2) is 6.95. The molecule has 0 unspecified atom stereocenters. The van der Waals surface area contributed by atoms with Crippen molar-refractivity contribution in [3.8, 4) is 0 Å². The van der Waals surface area contributed by atoms with Gasteiger partial charge in [0.1, 0.15) is 0 Å². The van der Waals surface area contributed by atoms with Gasteiger partial charge in [-0.15, -0.1) is 0 Å². The molecule has 20 heavy (non-hydrogen) atoms. The number of halogens is 1. The van der Waals surface area contributed by atoms with Crippen LogP contribution in [0.1, 0.15) is 45.6 Å². The van der Waals surface area contributed by atoms with E-state index in [4.69, 9.17) is 0 Å². The minimum absolute atomic E-state index is 0.497. The maximum Gasteiger partial charge on any atom is 0.0377 e. The highest BCUT2D eigenvalue weighted by molar-refractivity contribution is 9.10. The summed E-state index contributed by atoms with van der Waals surface area (Å²) >= 11 is 3.72. The second-order valence-electron chi connectivity index (χ2n) is 6.56. The first kappa shape index (κ1) is 15.8. The lowest BCUT2D eigenvalue weighted by Crippen LogP contribution is -2.25. The number of rotatable bonds is 4. The third kappa shape index (κ3) is 4.23. The van der Waals surface area contributed by atoms with Crippen molar-refractivity contribution in [3.63, 3.8) is 0 Å².